The number of nitrogens with zero attached hydrogens (tertiary/aromatic N) is 3. The van der Waals surface area contributed by atoms with Gasteiger partial charge in [-0.25, -0.2) is 9.97 Å². The highest BCUT2D eigenvalue weighted by Crippen LogP contribution is 2.42. The first kappa shape index (κ1) is 12.6. The van der Waals surface area contributed by atoms with Crippen LogP contribution in [0.5, 0.6) is 0 Å². The molecule has 0 unspecified atom stereocenters. The second-order valence-electron chi connectivity index (χ2n) is 4.28. The molecular weight excluding hydrogens is 272 g/mol. The van der Waals surface area contributed by atoms with Gasteiger partial charge in [-0.3, -0.25) is 9.36 Å². The minimum absolute atomic E-state index is 0.178. The van der Waals surface area contributed by atoms with Gasteiger partial charge < -0.3 is 20.3 Å². The molecule has 3 heterocycles. The molecular formula is C10H12N4O4S. The van der Waals surface area contributed by atoms with E-state index >= 15 is 0 Å². The van der Waals surface area contributed by atoms with Crippen LogP contribution in [0.2, 0.25) is 0 Å². The van der Waals surface area contributed by atoms with Gasteiger partial charge in [-0.15, -0.1) is 11.8 Å². The first-order chi connectivity index (χ1) is 9.13. The summed E-state index contributed by atoms with van der Waals surface area (Å²) in [6, 6.07) is 0. The van der Waals surface area contributed by atoms with Crippen molar-refractivity contribution in [2.75, 3.05) is 6.61 Å². The molecule has 3 rings (SSSR count). The summed E-state index contributed by atoms with van der Waals surface area (Å²) < 4.78 is 1.54. The summed E-state index contributed by atoms with van der Waals surface area (Å²) >= 11 is 1.23. The number of H-pyrrole nitrogens is 1. The molecule has 1 saturated heterocycles. The van der Waals surface area contributed by atoms with Crippen LogP contribution in [0.4, 0.5) is 0 Å². The topological polar surface area (TPSA) is 124 Å². The molecule has 2 aromatic rings. The summed E-state index contributed by atoms with van der Waals surface area (Å²) in [7, 11) is 0. The van der Waals surface area contributed by atoms with E-state index in [0.717, 1.165) is 0 Å². The van der Waals surface area contributed by atoms with E-state index in [1.807, 2.05) is 0 Å². The molecule has 1 fully saturated rings. The Balaban J connectivity index is 2.06. The van der Waals surface area contributed by atoms with Crippen LogP contribution in [0.1, 0.15) is 5.37 Å². The standard InChI is InChI=1S/C10H12N4O4S/c15-1-4-6(16)7(17)10(19-4)14-3-13-5-8(14)11-2-12-9(5)18/h2-4,6-7,10,15-17H,1H2,(H,11,12,18)/t4-,6-,7+,10-/m1/s1. The van der Waals surface area contributed by atoms with Gasteiger partial charge in [0.1, 0.15) is 11.5 Å². The maximum atomic E-state index is 11.5. The molecule has 1 aliphatic rings. The highest BCUT2D eigenvalue weighted by molar-refractivity contribution is 8.00. The average molecular weight is 284 g/mol. The van der Waals surface area contributed by atoms with Crippen molar-refractivity contribution in [3.8, 4) is 0 Å². The Labute approximate surface area is 111 Å². The third-order valence-corrected chi connectivity index (χ3v) is 4.72. The number of aromatic nitrogens is 4. The van der Waals surface area contributed by atoms with E-state index in [1.54, 1.807) is 4.57 Å². The molecule has 102 valence electrons. The fraction of sp³-hybridized carbons (Fsp3) is 0.500. The van der Waals surface area contributed by atoms with Gasteiger partial charge in [0.2, 0.25) is 0 Å². The van der Waals surface area contributed by atoms with E-state index in [4.69, 9.17) is 5.11 Å². The minimum Gasteiger partial charge on any atom is -0.395 e. The number of nitrogens with one attached hydrogen (secondary N) is 1. The van der Waals surface area contributed by atoms with Crippen LogP contribution >= 0.6 is 11.8 Å². The SMILES string of the molecule is O=c1[nH]cnc2c1ncn2[C@@H]1S[C@H](CO)[C@@H](O)[C@@H]1O. The molecule has 0 radical (unpaired) electrons. The van der Waals surface area contributed by atoms with E-state index in [0.29, 0.717) is 5.65 Å². The van der Waals surface area contributed by atoms with Crippen LogP contribution in [0.15, 0.2) is 17.4 Å². The fourth-order valence-corrected chi connectivity index (χ4v) is 3.53. The molecule has 0 spiro atoms. The summed E-state index contributed by atoms with van der Waals surface area (Å²) in [6.07, 6.45) is 0.579. The maximum Gasteiger partial charge on any atom is 0.278 e. The molecule has 19 heavy (non-hydrogen) atoms. The van der Waals surface area contributed by atoms with Crippen molar-refractivity contribution in [1.29, 1.82) is 0 Å². The van der Waals surface area contributed by atoms with Crippen LogP contribution in [-0.4, -0.2) is 58.9 Å². The molecule has 9 heteroatoms. The van der Waals surface area contributed by atoms with Crippen molar-refractivity contribution < 1.29 is 15.3 Å². The van der Waals surface area contributed by atoms with Crippen molar-refractivity contribution in [2.24, 2.45) is 0 Å². The number of aliphatic hydroxyl groups is 3. The Kier molecular flexibility index (Phi) is 3.05. The van der Waals surface area contributed by atoms with Crippen molar-refractivity contribution in [2.45, 2.75) is 22.8 Å². The smallest absolute Gasteiger partial charge is 0.278 e. The lowest BCUT2D eigenvalue weighted by Gasteiger charge is -2.16. The largest absolute Gasteiger partial charge is 0.395 e. The zero-order chi connectivity index (χ0) is 13.6. The second kappa shape index (κ2) is 4.60. The zero-order valence-electron chi connectivity index (χ0n) is 9.67. The molecule has 4 N–H and O–H groups in total. The van der Waals surface area contributed by atoms with Crippen molar-refractivity contribution in [1.82, 2.24) is 19.5 Å². The van der Waals surface area contributed by atoms with Crippen LogP contribution < -0.4 is 5.56 Å². The summed E-state index contributed by atoms with van der Waals surface area (Å²) in [6.45, 7) is -0.236. The molecule has 0 aromatic carbocycles. The molecule has 2 aromatic heterocycles. The second-order valence-corrected chi connectivity index (χ2v) is 5.65. The number of aromatic amines is 1. The van der Waals surface area contributed by atoms with E-state index in [-0.39, 0.29) is 17.7 Å². The lowest BCUT2D eigenvalue weighted by molar-refractivity contribution is 0.0113. The quantitative estimate of drug-likeness (QED) is 0.526. The lowest BCUT2D eigenvalue weighted by Crippen LogP contribution is -2.32. The van der Waals surface area contributed by atoms with Crippen LogP contribution in [-0.2, 0) is 0 Å². The van der Waals surface area contributed by atoms with Crippen molar-refractivity contribution in [3.05, 3.63) is 23.0 Å². The van der Waals surface area contributed by atoms with Crippen molar-refractivity contribution in [3.63, 3.8) is 0 Å². The number of rotatable bonds is 2. The Bertz CT molecular complexity index is 656. The number of fused-ring (bicyclic) bond motifs is 1. The predicted octanol–water partition coefficient (Wildman–Crippen LogP) is -1.55. The molecule has 0 aliphatic carbocycles. The van der Waals surface area contributed by atoms with E-state index < -0.39 is 22.8 Å². The molecule has 0 bridgehead atoms. The Morgan fingerprint density at radius 2 is 2.16 bits per heavy atom. The highest BCUT2D eigenvalue weighted by atomic mass is 32.2. The Morgan fingerprint density at radius 3 is 2.84 bits per heavy atom. The average Bonchev–Trinajstić information content (AvgIpc) is 2.94. The molecule has 1 aliphatic heterocycles. The summed E-state index contributed by atoms with van der Waals surface area (Å²) in [5.41, 5.74) is 0.156. The van der Waals surface area contributed by atoms with Gasteiger partial charge in [-0.05, 0) is 0 Å². The number of hydrogen-bond acceptors (Lipinski definition) is 7. The normalized spacial score (nSPS) is 31.1. The van der Waals surface area contributed by atoms with Gasteiger partial charge in [-0.2, -0.15) is 0 Å². The van der Waals surface area contributed by atoms with Gasteiger partial charge in [0, 0.05) is 0 Å². The first-order valence-corrected chi connectivity index (χ1v) is 6.60. The lowest BCUT2D eigenvalue weighted by atomic mass is 10.1. The van der Waals surface area contributed by atoms with Crippen molar-refractivity contribution >= 4 is 22.9 Å². The van der Waals surface area contributed by atoms with Crippen LogP contribution in [0.25, 0.3) is 11.2 Å². The van der Waals surface area contributed by atoms with Gasteiger partial charge in [-0.1, -0.05) is 0 Å². The maximum absolute atomic E-state index is 11.5. The third kappa shape index (κ3) is 1.86. The zero-order valence-corrected chi connectivity index (χ0v) is 10.5. The first-order valence-electron chi connectivity index (χ1n) is 5.66. The Hall–Kier alpha value is -1.42. The summed E-state index contributed by atoms with van der Waals surface area (Å²) in [5, 5.41) is 27.9. The molecule has 0 amide bonds. The van der Waals surface area contributed by atoms with Gasteiger partial charge in [0.05, 0.1) is 30.6 Å². The molecule has 8 nitrogen and oxygen atoms in total. The minimum atomic E-state index is -1.05. The number of aliphatic hydroxyl groups excluding tert-OH is 3. The van der Waals surface area contributed by atoms with E-state index in [2.05, 4.69) is 15.0 Å². The van der Waals surface area contributed by atoms with Crippen LogP contribution in [0.3, 0.4) is 0 Å². The monoisotopic (exact) mass is 284 g/mol. The summed E-state index contributed by atoms with van der Waals surface area (Å²) in [5.74, 6) is 0. The third-order valence-electron chi connectivity index (χ3n) is 3.16. The van der Waals surface area contributed by atoms with Crippen LogP contribution in [0, 0.1) is 0 Å². The van der Waals surface area contributed by atoms with Gasteiger partial charge in [0.15, 0.2) is 11.2 Å². The van der Waals surface area contributed by atoms with E-state index in [9.17, 15) is 15.0 Å². The predicted molar refractivity (Wildman–Crippen MR) is 67.7 cm³/mol. The molecule has 0 saturated carbocycles. The van der Waals surface area contributed by atoms with Gasteiger partial charge >= 0.3 is 0 Å². The number of imidazole rings is 1. The summed E-state index contributed by atoms with van der Waals surface area (Å²) in [4.78, 5) is 22.0. The van der Waals surface area contributed by atoms with Gasteiger partial charge in [0.25, 0.3) is 5.56 Å². The number of hydrogen-bond donors (Lipinski definition) is 4. The molecule has 4 atom stereocenters. The Morgan fingerprint density at radius 1 is 1.37 bits per heavy atom. The van der Waals surface area contributed by atoms with E-state index in [1.165, 1.54) is 24.4 Å². The fourth-order valence-electron chi connectivity index (χ4n) is 2.16. The number of thioether (sulfide) groups is 1. The highest BCUT2D eigenvalue weighted by Gasteiger charge is 2.43.